The van der Waals surface area contributed by atoms with E-state index >= 15 is 0 Å². The summed E-state index contributed by atoms with van der Waals surface area (Å²) in [6.07, 6.45) is 1.92. The maximum absolute atomic E-state index is 13.4. The van der Waals surface area contributed by atoms with E-state index in [1.165, 1.54) is 6.92 Å². The Labute approximate surface area is 414 Å². The molecule has 72 heavy (non-hydrogen) atoms. The number of para-hydroxylation sites is 1. The van der Waals surface area contributed by atoms with Crippen LogP contribution in [0.25, 0.3) is 44.2 Å². The first-order chi connectivity index (χ1) is 34.9. The first-order valence-corrected chi connectivity index (χ1v) is 23.4. The molecule has 0 aliphatic carbocycles. The van der Waals surface area contributed by atoms with Crippen LogP contribution < -0.4 is 26.3 Å². The molecule has 9 rings (SSSR count). The quantitative estimate of drug-likeness (QED) is 0.0451. The van der Waals surface area contributed by atoms with Gasteiger partial charge < -0.3 is 45.3 Å². The lowest BCUT2D eigenvalue weighted by atomic mass is 9.93. The molecule has 13 nitrogen and oxygen atoms in total. The molecule has 0 spiro atoms. The lowest BCUT2D eigenvalue weighted by Crippen LogP contribution is -2.34. The van der Waals surface area contributed by atoms with Gasteiger partial charge in [-0.2, -0.15) is 0 Å². The van der Waals surface area contributed by atoms with E-state index < -0.39 is 29.9 Å². The number of ketones is 1. The number of amides is 1. The molecule has 13 heteroatoms. The lowest BCUT2D eigenvalue weighted by molar-refractivity contribution is -0.142. The van der Waals surface area contributed by atoms with Gasteiger partial charge in [0.05, 0.1) is 18.7 Å². The van der Waals surface area contributed by atoms with E-state index in [1.807, 2.05) is 109 Å². The third-order valence-corrected chi connectivity index (χ3v) is 12.5. The predicted molar refractivity (Wildman–Crippen MR) is 273 cm³/mol. The Morgan fingerprint density at radius 2 is 1.31 bits per heavy atom. The predicted octanol–water partition coefficient (Wildman–Crippen LogP) is 10.9. The number of aryl methyl sites for hydroxylation is 1. The van der Waals surface area contributed by atoms with Gasteiger partial charge in [0.15, 0.2) is 17.6 Å². The Morgan fingerprint density at radius 1 is 0.639 bits per heavy atom. The smallest absolute Gasteiger partial charge is 0.331 e. The summed E-state index contributed by atoms with van der Waals surface area (Å²) >= 11 is 0. The fourth-order valence-corrected chi connectivity index (χ4v) is 8.88. The zero-order valence-corrected chi connectivity index (χ0v) is 39.3. The minimum atomic E-state index is -1.46. The molecule has 2 heterocycles. The normalized spacial score (nSPS) is 12.1. The summed E-state index contributed by atoms with van der Waals surface area (Å²) in [6, 6.07) is 46.0. The average Bonchev–Trinajstić information content (AvgIpc) is 4.06. The van der Waals surface area contributed by atoms with Crippen LogP contribution in [-0.2, 0) is 47.0 Å². The molecule has 0 aliphatic heterocycles. The van der Waals surface area contributed by atoms with Crippen molar-refractivity contribution in [2.24, 2.45) is 11.5 Å². The number of carboxylic acid groups (broad SMARTS) is 2. The van der Waals surface area contributed by atoms with Crippen molar-refractivity contribution < 1.29 is 47.7 Å². The number of carbonyl (C=O) groups excluding carboxylic acids is 2. The second-order valence-electron chi connectivity index (χ2n) is 17.6. The highest BCUT2D eigenvalue weighted by Gasteiger charge is 2.27. The van der Waals surface area contributed by atoms with Gasteiger partial charge in [0.2, 0.25) is 5.91 Å². The molecule has 0 radical (unpaired) electrons. The Balaban J connectivity index is 1.05. The van der Waals surface area contributed by atoms with E-state index in [2.05, 4.69) is 5.32 Å². The summed E-state index contributed by atoms with van der Waals surface area (Å²) in [5.74, 6) is -2.09. The number of benzene rings is 7. The maximum Gasteiger partial charge on any atom is 0.331 e. The molecule has 2 aromatic heterocycles. The molecule has 362 valence electrons. The van der Waals surface area contributed by atoms with Crippen LogP contribution in [-0.4, -0.2) is 33.8 Å². The molecule has 9 aromatic rings. The van der Waals surface area contributed by atoms with Crippen LogP contribution in [0.15, 0.2) is 173 Å². The maximum atomic E-state index is 13.4. The number of rotatable bonds is 20. The number of ether oxygens (including phenoxy) is 2. The number of fused-ring (bicyclic) bond motifs is 2. The number of aliphatic carboxylic acids is 2. The summed E-state index contributed by atoms with van der Waals surface area (Å²) < 4.78 is 24.9. The number of carboxylic acids is 2. The molecule has 0 bridgehead atoms. The minimum Gasteiger partial charge on any atom is -0.489 e. The standard InChI is InChI=1S/C59H51N3O10/c1-35(63)51-30-46-25-39(33-70-50-16-6-5-12-42(50)31-54(65)66)27-49(58(46)72-51)41-14-8-15-43(28-41)55(61)44-18-19-47(56(59(67)68)62-53(64)20-17-36-9-3-2-4-10-36)52(29-44)71-34-38-24-45-21-22-69-57(45)48(26-38)40-13-7-11-37(23-40)32-60/h2-16,18-19,21-30,55-56H,17,20,31-34,60-61H2,1H3,(H,62,64)(H,65,66)(H,67,68). The molecule has 7 N–H and O–H groups in total. The van der Waals surface area contributed by atoms with Gasteiger partial charge in [0, 0.05) is 52.9 Å². The molecule has 0 saturated carbocycles. The summed E-state index contributed by atoms with van der Waals surface area (Å²) in [5.41, 5.74) is 22.9. The van der Waals surface area contributed by atoms with Crippen LogP contribution in [0.5, 0.6) is 11.5 Å². The van der Waals surface area contributed by atoms with Gasteiger partial charge in [0.1, 0.15) is 35.9 Å². The Hall–Kier alpha value is -8.78. The van der Waals surface area contributed by atoms with Crippen molar-refractivity contribution in [1.82, 2.24) is 5.32 Å². The first-order valence-electron chi connectivity index (χ1n) is 23.4. The highest BCUT2D eigenvalue weighted by Crippen LogP contribution is 2.38. The largest absolute Gasteiger partial charge is 0.489 e. The summed E-state index contributed by atoms with van der Waals surface area (Å²) in [4.78, 5) is 50.6. The van der Waals surface area contributed by atoms with Crippen LogP contribution in [0, 0.1) is 0 Å². The molecular formula is C59H51N3O10. The Morgan fingerprint density at radius 3 is 2.04 bits per heavy atom. The zero-order valence-electron chi connectivity index (χ0n) is 39.3. The topological polar surface area (TPSA) is 218 Å². The fourth-order valence-electron chi connectivity index (χ4n) is 8.88. The van der Waals surface area contributed by atoms with Gasteiger partial charge in [-0.1, -0.05) is 97.1 Å². The Bertz CT molecular complexity index is 3470. The van der Waals surface area contributed by atoms with E-state index in [9.17, 15) is 29.4 Å². The van der Waals surface area contributed by atoms with Crippen molar-refractivity contribution in [1.29, 1.82) is 0 Å². The van der Waals surface area contributed by atoms with Gasteiger partial charge in [-0.3, -0.25) is 14.4 Å². The van der Waals surface area contributed by atoms with Crippen LogP contribution in [0.2, 0.25) is 0 Å². The van der Waals surface area contributed by atoms with E-state index in [-0.39, 0.29) is 48.9 Å². The number of hydrogen-bond acceptors (Lipinski definition) is 10. The summed E-state index contributed by atoms with van der Waals surface area (Å²) in [7, 11) is 0. The van der Waals surface area contributed by atoms with E-state index in [0.29, 0.717) is 57.5 Å². The Kier molecular flexibility index (Phi) is 14.4. The van der Waals surface area contributed by atoms with E-state index in [4.69, 9.17) is 29.8 Å². The van der Waals surface area contributed by atoms with Gasteiger partial charge in [0.25, 0.3) is 0 Å². The zero-order chi connectivity index (χ0) is 50.3. The number of furan rings is 2. The molecule has 2 atom stereocenters. The van der Waals surface area contributed by atoms with Crippen molar-refractivity contribution >= 4 is 45.6 Å². The lowest BCUT2D eigenvalue weighted by Gasteiger charge is -2.22. The molecular weight excluding hydrogens is 911 g/mol. The molecule has 0 saturated heterocycles. The van der Waals surface area contributed by atoms with Crippen LogP contribution in [0.1, 0.15) is 80.5 Å². The average molecular weight is 962 g/mol. The summed E-state index contributed by atoms with van der Waals surface area (Å²) in [5, 5.41) is 24.4. The molecule has 2 unspecified atom stereocenters. The molecule has 1 amide bonds. The second-order valence-corrected chi connectivity index (χ2v) is 17.6. The van der Waals surface area contributed by atoms with Gasteiger partial charge in [-0.05, 0) is 112 Å². The highest BCUT2D eigenvalue weighted by molar-refractivity contribution is 6.00. The number of nitrogens with one attached hydrogen (secondary N) is 1. The third-order valence-electron chi connectivity index (χ3n) is 12.5. The van der Waals surface area contributed by atoms with Gasteiger partial charge in [-0.15, -0.1) is 0 Å². The van der Waals surface area contributed by atoms with Crippen molar-refractivity contribution in [3.05, 3.63) is 214 Å². The van der Waals surface area contributed by atoms with Crippen molar-refractivity contribution in [3.63, 3.8) is 0 Å². The van der Waals surface area contributed by atoms with Crippen molar-refractivity contribution in [2.75, 3.05) is 0 Å². The number of Topliss-reactive ketones (excluding diaryl/α,β-unsaturated/α-hetero) is 1. The van der Waals surface area contributed by atoms with Crippen LogP contribution in [0.3, 0.4) is 0 Å². The van der Waals surface area contributed by atoms with Crippen molar-refractivity contribution in [2.45, 2.75) is 58.0 Å². The van der Waals surface area contributed by atoms with Crippen molar-refractivity contribution in [3.8, 4) is 33.8 Å². The van der Waals surface area contributed by atoms with Crippen LogP contribution >= 0.6 is 0 Å². The number of hydrogen-bond donors (Lipinski definition) is 5. The third kappa shape index (κ3) is 11.0. The fraction of sp³-hybridized carbons (Fsp3) is 0.153. The van der Waals surface area contributed by atoms with Gasteiger partial charge in [-0.25, -0.2) is 4.79 Å². The molecule has 0 aliphatic rings. The summed E-state index contributed by atoms with van der Waals surface area (Å²) in [6.45, 7) is 1.91. The van der Waals surface area contributed by atoms with Crippen LogP contribution in [0.4, 0.5) is 0 Å². The highest BCUT2D eigenvalue weighted by atomic mass is 16.5. The molecule has 0 fully saturated rings. The first kappa shape index (κ1) is 48.3. The SMILES string of the molecule is CC(=O)c1cc2cc(COc3ccccc3CC(=O)O)cc(-c3cccc(C(N)c4ccc(C(NC(=O)CCc5ccccc5)C(=O)O)c(OCc5cc(-c6cccc(CN)c6)c6occc6c5)c4)c3)c2o1. The van der Waals surface area contributed by atoms with E-state index in [1.54, 1.807) is 54.8 Å². The minimum absolute atomic E-state index is 0.0206. The number of nitrogens with two attached hydrogens (primary N) is 2. The number of carbonyl (C=O) groups is 4. The monoisotopic (exact) mass is 961 g/mol. The van der Waals surface area contributed by atoms with Gasteiger partial charge >= 0.3 is 11.9 Å². The second kappa shape index (κ2) is 21.5. The van der Waals surface area contributed by atoms with E-state index in [0.717, 1.165) is 44.3 Å². The molecule has 7 aromatic carbocycles.